The molecule has 0 atom stereocenters. The molecule has 0 aliphatic heterocycles. The van der Waals surface area contributed by atoms with Gasteiger partial charge in [0.25, 0.3) is 0 Å². The van der Waals surface area contributed by atoms with Gasteiger partial charge in [-0.05, 0) is 18.1 Å². The number of nitrogen functional groups attached to an aromatic ring is 1. The average Bonchev–Trinajstić information content (AvgIpc) is 2.28. The van der Waals surface area contributed by atoms with Gasteiger partial charge in [0.2, 0.25) is 5.91 Å². The van der Waals surface area contributed by atoms with Crippen molar-refractivity contribution in [2.24, 2.45) is 0 Å². The molecule has 0 saturated heterocycles. The van der Waals surface area contributed by atoms with Crippen molar-refractivity contribution in [1.29, 1.82) is 0 Å². The van der Waals surface area contributed by atoms with Crippen LogP contribution in [0.2, 0.25) is 0 Å². The highest BCUT2D eigenvalue weighted by Crippen LogP contribution is 2.12. The lowest BCUT2D eigenvalue weighted by molar-refractivity contribution is -0.121. The van der Waals surface area contributed by atoms with Gasteiger partial charge in [0.05, 0.1) is 6.61 Å². The average molecular weight is 259 g/mol. The molecule has 4 nitrogen and oxygen atoms in total. The number of benzene rings is 1. The zero-order chi connectivity index (χ0) is 11.8. The van der Waals surface area contributed by atoms with Gasteiger partial charge in [-0.25, -0.2) is 0 Å². The molecule has 17 heavy (non-hydrogen) atoms. The van der Waals surface area contributed by atoms with E-state index in [1.807, 2.05) is 24.3 Å². The van der Waals surface area contributed by atoms with Crippen LogP contribution >= 0.6 is 12.4 Å². The van der Waals surface area contributed by atoms with Gasteiger partial charge in [-0.2, -0.15) is 0 Å². The molecule has 1 aromatic carbocycles. The minimum atomic E-state index is 0. The van der Waals surface area contributed by atoms with E-state index >= 15 is 0 Å². The monoisotopic (exact) mass is 258 g/mol. The first-order chi connectivity index (χ1) is 7.74. The molecule has 0 unspecified atom stereocenters. The van der Waals surface area contributed by atoms with Crippen LogP contribution in [0.4, 0.5) is 5.69 Å². The maximum atomic E-state index is 11.4. The molecule has 1 amide bonds. The zero-order valence-electron chi connectivity index (χ0n) is 9.94. The third-order valence-electron chi connectivity index (χ3n) is 2.30. The molecule has 0 heterocycles. The molecule has 0 bridgehead atoms. The van der Waals surface area contributed by atoms with Crippen LogP contribution in [0.5, 0.6) is 0 Å². The molecule has 0 aliphatic carbocycles. The molecule has 0 spiro atoms. The van der Waals surface area contributed by atoms with Crippen molar-refractivity contribution in [3.8, 4) is 0 Å². The number of hydrogen-bond acceptors (Lipinski definition) is 3. The predicted octanol–water partition coefficient (Wildman–Crippen LogP) is 1.39. The number of rotatable bonds is 6. The number of nitrogens with one attached hydrogen (secondary N) is 1. The van der Waals surface area contributed by atoms with Crippen LogP contribution in [0.25, 0.3) is 0 Å². The Labute approximate surface area is 108 Å². The molecule has 0 saturated carbocycles. The summed E-state index contributed by atoms with van der Waals surface area (Å²) in [5, 5.41) is 2.77. The van der Waals surface area contributed by atoms with E-state index in [1.54, 1.807) is 7.11 Å². The van der Waals surface area contributed by atoms with E-state index in [0.717, 1.165) is 11.3 Å². The minimum absolute atomic E-state index is 0. The van der Waals surface area contributed by atoms with E-state index in [9.17, 15) is 4.79 Å². The number of para-hydroxylation sites is 1. The molecule has 1 rings (SSSR count). The highest BCUT2D eigenvalue weighted by Gasteiger charge is 2.03. The first kappa shape index (κ1) is 15.7. The zero-order valence-corrected chi connectivity index (χ0v) is 10.8. The van der Waals surface area contributed by atoms with Gasteiger partial charge in [0, 0.05) is 25.8 Å². The number of amides is 1. The lowest BCUT2D eigenvalue weighted by Gasteiger charge is -2.06. The predicted molar refractivity (Wildman–Crippen MR) is 71.3 cm³/mol. The summed E-state index contributed by atoms with van der Waals surface area (Å²) in [5.74, 6) is 0.0281. The molecule has 5 heteroatoms. The SMILES string of the molecule is COCCNC(=O)CCc1ccccc1N.Cl. The summed E-state index contributed by atoms with van der Waals surface area (Å²) in [6.07, 6.45) is 1.13. The van der Waals surface area contributed by atoms with E-state index in [-0.39, 0.29) is 18.3 Å². The molecule has 0 radical (unpaired) electrons. The standard InChI is InChI=1S/C12H18N2O2.ClH/c1-16-9-8-14-12(15)7-6-10-4-2-3-5-11(10)13;/h2-5H,6-9,13H2,1H3,(H,14,15);1H. The first-order valence-electron chi connectivity index (χ1n) is 5.33. The minimum Gasteiger partial charge on any atom is -0.399 e. The summed E-state index contributed by atoms with van der Waals surface area (Å²) in [6, 6.07) is 7.60. The van der Waals surface area contributed by atoms with Gasteiger partial charge in [-0.15, -0.1) is 12.4 Å². The van der Waals surface area contributed by atoms with Gasteiger partial charge >= 0.3 is 0 Å². The van der Waals surface area contributed by atoms with E-state index in [2.05, 4.69) is 5.32 Å². The molecule has 96 valence electrons. The summed E-state index contributed by atoms with van der Waals surface area (Å²) in [7, 11) is 1.61. The Balaban J connectivity index is 0.00000256. The lowest BCUT2D eigenvalue weighted by Crippen LogP contribution is -2.27. The Bertz CT molecular complexity index is 345. The van der Waals surface area contributed by atoms with Crippen LogP contribution in [0, 0.1) is 0 Å². The Morgan fingerprint density at radius 2 is 2.12 bits per heavy atom. The largest absolute Gasteiger partial charge is 0.399 e. The normalized spacial score (nSPS) is 9.47. The fourth-order valence-corrected chi connectivity index (χ4v) is 1.39. The van der Waals surface area contributed by atoms with Crippen molar-refractivity contribution in [3.05, 3.63) is 29.8 Å². The molecule has 0 aliphatic rings. The van der Waals surface area contributed by atoms with Crippen LogP contribution in [0.1, 0.15) is 12.0 Å². The lowest BCUT2D eigenvalue weighted by atomic mass is 10.1. The number of nitrogens with two attached hydrogens (primary N) is 1. The first-order valence-corrected chi connectivity index (χ1v) is 5.33. The number of aryl methyl sites for hydroxylation is 1. The van der Waals surface area contributed by atoms with Gasteiger partial charge in [-0.3, -0.25) is 4.79 Å². The fourth-order valence-electron chi connectivity index (χ4n) is 1.39. The summed E-state index contributed by atoms with van der Waals surface area (Å²) < 4.78 is 4.84. The van der Waals surface area contributed by atoms with Crippen LogP contribution in [0.3, 0.4) is 0 Å². The maximum absolute atomic E-state index is 11.4. The van der Waals surface area contributed by atoms with Crippen molar-refractivity contribution >= 4 is 24.0 Å². The van der Waals surface area contributed by atoms with Crippen LogP contribution in [-0.2, 0) is 16.0 Å². The van der Waals surface area contributed by atoms with E-state index in [0.29, 0.717) is 26.0 Å². The Morgan fingerprint density at radius 3 is 2.76 bits per heavy atom. The summed E-state index contributed by atoms with van der Waals surface area (Å²) in [4.78, 5) is 11.4. The summed E-state index contributed by atoms with van der Waals surface area (Å²) in [6.45, 7) is 1.10. The Kier molecular flexibility index (Phi) is 8.19. The van der Waals surface area contributed by atoms with Crippen molar-refractivity contribution in [2.45, 2.75) is 12.8 Å². The summed E-state index contributed by atoms with van der Waals surface area (Å²) >= 11 is 0. The second-order valence-electron chi connectivity index (χ2n) is 3.54. The number of halogens is 1. The molecular formula is C12H19ClN2O2. The quantitative estimate of drug-likeness (QED) is 0.599. The topological polar surface area (TPSA) is 64.3 Å². The van der Waals surface area contributed by atoms with Crippen LogP contribution in [0.15, 0.2) is 24.3 Å². The number of carbonyl (C=O) groups excluding carboxylic acids is 1. The smallest absolute Gasteiger partial charge is 0.220 e. The van der Waals surface area contributed by atoms with E-state index in [4.69, 9.17) is 10.5 Å². The van der Waals surface area contributed by atoms with Gasteiger partial charge in [0.1, 0.15) is 0 Å². The van der Waals surface area contributed by atoms with E-state index < -0.39 is 0 Å². The van der Waals surface area contributed by atoms with Gasteiger partial charge in [0.15, 0.2) is 0 Å². The van der Waals surface area contributed by atoms with Crippen molar-refractivity contribution in [1.82, 2.24) is 5.32 Å². The number of methoxy groups -OCH3 is 1. The number of hydrogen-bond donors (Lipinski definition) is 2. The number of ether oxygens (including phenoxy) is 1. The van der Waals surface area contributed by atoms with E-state index in [1.165, 1.54) is 0 Å². The maximum Gasteiger partial charge on any atom is 0.220 e. The van der Waals surface area contributed by atoms with Crippen molar-refractivity contribution in [3.63, 3.8) is 0 Å². The third kappa shape index (κ3) is 6.14. The summed E-state index contributed by atoms with van der Waals surface area (Å²) in [5.41, 5.74) is 7.54. The highest BCUT2D eigenvalue weighted by atomic mass is 35.5. The van der Waals surface area contributed by atoms with Crippen molar-refractivity contribution < 1.29 is 9.53 Å². The molecule has 1 aromatic rings. The molecule has 0 aromatic heterocycles. The van der Waals surface area contributed by atoms with Gasteiger partial charge in [-0.1, -0.05) is 18.2 Å². The second-order valence-corrected chi connectivity index (χ2v) is 3.54. The van der Waals surface area contributed by atoms with Crippen molar-refractivity contribution in [2.75, 3.05) is 26.0 Å². The third-order valence-corrected chi connectivity index (χ3v) is 2.30. The Morgan fingerprint density at radius 1 is 1.41 bits per heavy atom. The number of anilines is 1. The molecule has 3 N–H and O–H groups in total. The van der Waals surface area contributed by atoms with Crippen LogP contribution in [-0.4, -0.2) is 26.2 Å². The molecular weight excluding hydrogens is 240 g/mol. The second kappa shape index (κ2) is 8.84. The number of carbonyl (C=O) groups is 1. The van der Waals surface area contributed by atoms with Gasteiger partial charge < -0.3 is 15.8 Å². The highest BCUT2D eigenvalue weighted by molar-refractivity contribution is 5.85. The van der Waals surface area contributed by atoms with Crippen LogP contribution < -0.4 is 11.1 Å². The Hall–Kier alpha value is -1.26. The molecule has 0 fully saturated rings. The fraction of sp³-hybridized carbons (Fsp3) is 0.417.